The van der Waals surface area contributed by atoms with Crippen LogP contribution in [-0.2, 0) is 9.53 Å². The van der Waals surface area contributed by atoms with Gasteiger partial charge >= 0.3 is 5.97 Å². The van der Waals surface area contributed by atoms with Crippen LogP contribution in [0.25, 0.3) is 0 Å². The van der Waals surface area contributed by atoms with Crippen LogP contribution in [0.1, 0.15) is 24.3 Å². The summed E-state index contributed by atoms with van der Waals surface area (Å²) in [5.41, 5.74) is -0.233. The van der Waals surface area contributed by atoms with Gasteiger partial charge in [0.05, 0.1) is 13.0 Å². The van der Waals surface area contributed by atoms with Crippen LogP contribution in [0.3, 0.4) is 0 Å². The predicted molar refractivity (Wildman–Crippen MR) is 58.8 cm³/mol. The fourth-order valence-corrected chi connectivity index (χ4v) is 2.14. The molecule has 0 aliphatic heterocycles. The van der Waals surface area contributed by atoms with Crippen molar-refractivity contribution >= 4 is 17.6 Å². The highest BCUT2D eigenvalue weighted by Crippen LogP contribution is 2.45. The van der Waals surface area contributed by atoms with Crippen LogP contribution >= 0.6 is 11.6 Å². The lowest BCUT2D eigenvalue weighted by molar-refractivity contribution is -0.143. The van der Waals surface area contributed by atoms with Gasteiger partial charge in [0.25, 0.3) is 0 Å². The largest absolute Gasteiger partial charge is 0.469 e. The molecule has 0 amide bonds. The average Bonchev–Trinajstić information content (AvgIpc) is 3.05. The molecule has 1 atom stereocenters. The first kappa shape index (κ1) is 12.3. The summed E-state index contributed by atoms with van der Waals surface area (Å²) in [6, 6.07) is 2.02. The topological polar surface area (TPSA) is 26.3 Å². The Morgan fingerprint density at radius 3 is 2.35 bits per heavy atom. The van der Waals surface area contributed by atoms with Gasteiger partial charge in [0, 0.05) is 10.6 Å². The zero-order chi connectivity index (χ0) is 12.6. The third kappa shape index (κ3) is 2.41. The van der Waals surface area contributed by atoms with Gasteiger partial charge < -0.3 is 4.74 Å². The van der Waals surface area contributed by atoms with Gasteiger partial charge in [-0.3, -0.25) is 4.79 Å². The maximum atomic E-state index is 13.7. The van der Waals surface area contributed by atoms with E-state index in [0.29, 0.717) is 0 Å². The monoisotopic (exact) mass is 260 g/mol. The highest BCUT2D eigenvalue weighted by Gasteiger charge is 2.41. The number of rotatable bonds is 3. The van der Waals surface area contributed by atoms with Crippen LogP contribution in [0.15, 0.2) is 12.1 Å². The number of carbonyl (C=O) groups excluding carboxylic acids is 1. The molecule has 1 unspecified atom stereocenters. The van der Waals surface area contributed by atoms with Gasteiger partial charge in [-0.1, -0.05) is 11.6 Å². The Bertz CT molecular complexity index is 435. The van der Waals surface area contributed by atoms with Crippen LogP contribution in [0.4, 0.5) is 8.78 Å². The zero-order valence-corrected chi connectivity index (χ0v) is 9.93. The summed E-state index contributed by atoms with van der Waals surface area (Å²) in [4.78, 5) is 11.6. The molecular formula is C12H11ClF2O2. The van der Waals surface area contributed by atoms with Gasteiger partial charge in [-0.25, -0.2) is 8.78 Å². The van der Waals surface area contributed by atoms with Gasteiger partial charge in [0.1, 0.15) is 11.6 Å². The fourth-order valence-electron chi connectivity index (χ4n) is 1.95. The summed E-state index contributed by atoms with van der Waals surface area (Å²) < 4.78 is 32.0. The molecule has 1 aliphatic rings. The first-order valence-electron chi connectivity index (χ1n) is 5.27. The van der Waals surface area contributed by atoms with Gasteiger partial charge in [-0.2, -0.15) is 0 Å². The molecule has 2 rings (SSSR count). The Morgan fingerprint density at radius 2 is 1.94 bits per heavy atom. The third-order valence-electron chi connectivity index (χ3n) is 2.90. The summed E-state index contributed by atoms with van der Waals surface area (Å²) in [6.45, 7) is 0. The number of halogens is 3. The van der Waals surface area contributed by atoms with E-state index in [0.717, 1.165) is 25.0 Å². The van der Waals surface area contributed by atoms with Gasteiger partial charge in [0.2, 0.25) is 0 Å². The second-order valence-electron chi connectivity index (χ2n) is 4.12. The van der Waals surface area contributed by atoms with Crippen molar-refractivity contribution in [1.29, 1.82) is 0 Å². The maximum Gasteiger partial charge on any atom is 0.313 e. The SMILES string of the molecule is COC(=O)C(c1c(F)cc(Cl)cc1F)C1CC1. The lowest BCUT2D eigenvalue weighted by Gasteiger charge is -2.16. The van der Waals surface area contributed by atoms with E-state index in [1.165, 1.54) is 7.11 Å². The van der Waals surface area contributed by atoms with Crippen LogP contribution < -0.4 is 0 Å². The van der Waals surface area contributed by atoms with Crippen molar-refractivity contribution < 1.29 is 18.3 Å². The zero-order valence-electron chi connectivity index (χ0n) is 9.17. The minimum atomic E-state index is -0.864. The van der Waals surface area contributed by atoms with E-state index in [-0.39, 0.29) is 16.5 Å². The summed E-state index contributed by atoms with van der Waals surface area (Å²) in [7, 11) is 1.21. The smallest absolute Gasteiger partial charge is 0.313 e. The van der Waals surface area contributed by atoms with Crippen molar-refractivity contribution in [2.24, 2.45) is 5.92 Å². The number of ether oxygens (including phenoxy) is 1. The highest BCUT2D eigenvalue weighted by molar-refractivity contribution is 6.30. The van der Waals surface area contributed by atoms with Crippen molar-refractivity contribution in [3.8, 4) is 0 Å². The summed E-state index contributed by atoms with van der Waals surface area (Å²) in [5, 5.41) is -0.0248. The summed E-state index contributed by atoms with van der Waals surface area (Å²) in [5.74, 6) is -3.09. The summed E-state index contributed by atoms with van der Waals surface area (Å²) >= 11 is 5.54. The standard InChI is InChI=1S/C12H11ClF2O2/c1-17-12(16)10(6-2-3-6)11-8(14)4-7(13)5-9(11)15/h4-6,10H,2-3H2,1H3. The molecule has 1 aromatic carbocycles. The number of carbonyl (C=O) groups is 1. The third-order valence-corrected chi connectivity index (χ3v) is 3.12. The van der Waals surface area contributed by atoms with Crippen molar-refractivity contribution in [3.05, 3.63) is 34.4 Å². The number of hydrogen-bond acceptors (Lipinski definition) is 2. The van der Waals surface area contributed by atoms with Gasteiger partial charge in [-0.05, 0) is 30.9 Å². The Kier molecular flexibility index (Phi) is 3.33. The van der Waals surface area contributed by atoms with Crippen LogP contribution in [0.5, 0.6) is 0 Å². The quantitative estimate of drug-likeness (QED) is 0.780. The minimum absolute atomic E-state index is 0.0248. The molecule has 0 spiro atoms. The molecule has 0 N–H and O–H groups in total. The lowest BCUT2D eigenvalue weighted by Crippen LogP contribution is -2.19. The van der Waals surface area contributed by atoms with Crippen LogP contribution in [0, 0.1) is 17.6 Å². The molecule has 92 valence electrons. The van der Waals surface area contributed by atoms with Crippen molar-refractivity contribution in [2.45, 2.75) is 18.8 Å². The lowest BCUT2D eigenvalue weighted by atomic mass is 9.93. The van der Waals surface area contributed by atoms with E-state index in [4.69, 9.17) is 11.6 Å². The molecular weight excluding hydrogens is 250 g/mol. The van der Waals surface area contributed by atoms with Gasteiger partial charge in [-0.15, -0.1) is 0 Å². The van der Waals surface area contributed by atoms with E-state index in [1.54, 1.807) is 0 Å². The van der Waals surface area contributed by atoms with Crippen LogP contribution in [-0.4, -0.2) is 13.1 Å². The molecule has 1 aromatic rings. The Labute approximate surface area is 103 Å². The second kappa shape index (κ2) is 4.61. The molecule has 1 fully saturated rings. The fraction of sp³-hybridized carbons (Fsp3) is 0.417. The Morgan fingerprint density at radius 1 is 1.41 bits per heavy atom. The number of hydrogen-bond donors (Lipinski definition) is 0. The Hall–Kier alpha value is -1.16. The molecule has 17 heavy (non-hydrogen) atoms. The van der Waals surface area contributed by atoms with Crippen molar-refractivity contribution in [2.75, 3.05) is 7.11 Å². The molecule has 5 heteroatoms. The molecule has 0 heterocycles. The molecule has 0 radical (unpaired) electrons. The van der Waals surface area contributed by atoms with E-state index < -0.39 is 23.5 Å². The molecule has 2 nitrogen and oxygen atoms in total. The highest BCUT2D eigenvalue weighted by atomic mass is 35.5. The Balaban J connectivity index is 2.46. The van der Waals surface area contributed by atoms with Gasteiger partial charge in [0.15, 0.2) is 0 Å². The molecule has 0 aromatic heterocycles. The van der Waals surface area contributed by atoms with Crippen molar-refractivity contribution in [1.82, 2.24) is 0 Å². The predicted octanol–water partition coefficient (Wildman–Crippen LogP) is 3.28. The normalized spacial score (nSPS) is 16.7. The van der Waals surface area contributed by atoms with E-state index in [1.807, 2.05) is 0 Å². The number of benzene rings is 1. The number of methoxy groups -OCH3 is 1. The van der Waals surface area contributed by atoms with E-state index >= 15 is 0 Å². The summed E-state index contributed by atoms with van der Waals surface area (Å²) in [6.07, 6.45) is 1.56. The van der Waals surface area contributed by atoms with E-state index in [2.05, 4.69) is 4.74 Å². The molecule has 1 aliphatic carbocycles. The van der Waals surface area contributed by atoms with Crippen LogP contribution in [0.2, 0.25) is 5.02 Å². The maximum absolute atomic E-state index is 13.7. The van der Waals surface area contributed by atoms with E-state index in [9.17, 15) is 13.6 Å². The average molecular weight is 261 g/mol. The number of esters is 1. The molecule has 1 saturated carbocycles. The first-order valence-corrected chi connectivity index (χ1v) is 5.64. The molecule has 0 saturated heterocycles. The molecule has 0 bridgehead atoms. The second-order valence-corrected chi connectivity index (χ2v) is 4.56. The first-order chi connectivity index (χ1) is 8.04. The minimum Gasteiger partial charge on any atom is -0.469 e. The van der Waals surface area contributed by atoms with Crippen molar-refractivity contribution in [3.63, 3.8) is 0 Å².